The third-order valence-electron chi connectivity index (χ3n) is 3.43. The second-order valence-electron chi connectivity index (χ2n) is 5.10. The van der Waals surface area contributed by atoms with E-state index in [4.69, 9.17) is 10.00 Å². The fraction of sp³-hybridized carbons (Fsp3) is 0.133. The van der Waals surface area contributed by atoms with E-state index in [9.17, 15) is 12.8 Å². The van der Waals surface area contributed by atoms with Gasteiger partial charge in [-0.25, -0.2) is 9.37 Å². The average molecular weight is 440 g/mol. The molecule has 3 aromatic rings. The van der Waals surface area contributed by atoms with Crippen LogP contribution >= 0.6 is 15.9 Å². The molecule has 0 bridgehead atoms. The predicted molar refractivity (Wildman–Crippen MR) is 93.8 cm³/mol. The van der Waals surface area contributed by atoms with Crippen molar-refractivity contribution in [3.05, 3.63) is 46.4 Å². The van der Waals surface area contributed by atoms with Crippen LogP contribution in [-0.4, -0.2) is 29.9 Å². The molecule has 3 aromatic heterocycles. The number of ether oxygens (including phenoxy) is 1. The molecule has 11 heteroatoms. The van der Waals surface area contributed by atoms with Gasteiger partial charge in [-0.15, -0.1) is 0 Å². The number of pyridine rings is 2. The van der Waals surface area contributed by atoms with E-state index in [0.29, 0.717) is 5.65 Å². The summed E-state index contributed by atoms with van der Waals surface area (Å²) in [7, 11) is -2.88. The van der Waals surface area contributed by atoms with Crippen LogP contribution in [0.4, 0.5) is 10.2 Å². The zero-order valence-corrected chi connectivity index (χ0v) is 15.7. The highest BCUT2D eigenvalue weighted by molar-refractivity contribution is 9.10. The summed E-state index contributed by atoms with van der Waals surface area (Å²) < 4.78 is 48.7. The summed E-state index contributed by atoms with van der Waals surface area (Å²) in [5, 5.41) is 8.57. The Morgan fingerprint density at radius 1 is 1.46 bits per heavy atom. The molecule has 8 nitrogen and oxygen atoms in total. The molecule has 0 amide bonds. The maximum absolute atomic E-state index is 14.2. The van der Waals surface area contributed by atoms with E-state index < -0.39 is 21.7 Å². The van der Waals surface area contributed by atoms with Gasteiger partial charge in [0.25, 0.3) is 10.0 Å². The largest absolute Gasteiger partial charge is 0.481 e. The van der Waals surface area contributed by atoms with E-state index in [2.05, 4.69) is 30.6 Å². The number of hydrogen-bond acceptors (Lipinski definition) is 6. The molecule has 0 aromatic carbocycles. The van der Waals surface area contributed by atoms with Gasteiger partial charge in [0, 0.05) is 16.2 Å². The van der Waals surface area contributed by atoms with E-state index in [-0.39, 0.29) is 22.9 Å². The van der Waals surface area contributed by atoms with E-state index in [1.165, 1.54) is 17.7 Å². The third kappa shape index (κ3) is 3.33. The van der Waals surface area contributed by atoms with E-state index in [0.717, 1.165) is 16.7 Å². The van der Waals surface area contributed by atoms with Crippen molar-refractivity contribution in [3.63, 3.8) is 0 Å². The topological polar surface area (TPSA) is 109 Å². The van der Waals surface area contributed by atoms with Crippen LogP contribution in [0, 0.1) is 17.1 Å². The quantitative estimate of drug-likeness (QED) is 0.653. The van der Waals surface area contributed by atoms with Crippen molar-refractivity contribution in [1.29, 1.82) is 5.26 Å². The lowest BCUT2D eigenvalue weighted by Gasteiger charge is -2.11. The van der Waals surface area contributed by atoms with Crippen LogP contribution in [0.2, 0.25) is 0 Å². The number of halogens is 2. The van der Waals surface area contributed by atoms with Gasteiger partial charge in [0.2, 0.25) is 5.88 Å². The summed E-state index contributed by atoms with van der Waals surface area (Å²) in [6.07, 6.45) is 2.55. The fourth-order valence-corrected chi connectivity index (χ4v) is 3.71. The molecule has 26 heavy (non-hydrogen) atoms. The average Bonchev–Trinajstić information content (AvgIpc) is 3.01. The van der Waals surface area contributed by atoms with E-state index >= 15 is 0 Å². The van der Waals surface area contributed by atoms with E-state index in [1.807, 2.05) is 6.07 Å². The van der Waals surface area contributed by atoms with Gasteiger partial charge in [0.1, 0.15) is 5.65 Å². The number of rotatable bonds is 5. The Kier molecular flexibility index (Phi) is 4.80. The van der Waals surface area contributed by atoms with E-state index in [1.54, 1.807) is 12.1 Å². The second kappa shape index (κ2) is 6.89. The molecule has 1 N–H and O–H groups in total. The molecule has 0 aliphatic heterocycles. The first-order chi connectivity index (χ1) is 12.4. The number of imidazole rings is 1. The number of sulfonamides is 1. The summed E-state index contributed by atoms with van der Waals surface area (Å²) in [5.74, 6) is -1.49. The van der Waals surface area contributed by atoms with Crippen LogP contribution in [0.3, 0.4) is 0 Å². The van der Waals surface area contributed by atoms with Gasteiger partial charge in [-0.3, -0.25) is 9.12 Å². The summed E-state index contributed by atoms with van der Waals surface area (Å²) in [6, 6.07) is 6.15. The second-order valence-corrected chi connectivity index (χ2v) is 7.64. The Hall–Kier alpha value is -2.71. The molecule has 0 spiro atoms. The molecule has 0 unspecified atom stereocenters. The Morgan fingerprint density at radius 2 is 2.23 bits per heavy atom. The number of hydrogen-bond donors (Lipinski definition) is 1. The number of aromatic nitrogens is 3. The van der Waals surface area contributed by atoms with Gasteiger partial charge in [-0.2, -0.15) is 18.7 Å². The van der Waals surface area contributed by atoms with Gasteiger partial charge in [0.15, 0.2) is 16.7 Å². The van der Waals surface area contributed by atoms with Crippen LogP contribution in [0.15, 0.2) is 40.1 Å². The monoisotopic (exact) mass is 439 g/mol. The van der Waals surface area contributed by atoms with Crippen LogP contribution in [0.1, 0.15) is 5.56 Å². The normalized spacial score (nSPS) is 11.3. The van der Waals surface area contributed by atoms with Gasteiger partial charge in [-0.05, 0) is 18.2 Å². The predicted octanol–water partition coefficient (Wildman–Crippen LogP) is 2.51. The lowest BCUT2D eigenvalue weighted by molar-refractivity contribution is 0.392. The molecule has 0 aliphatic carbocycles. The number of nitrogens with zero attached hydrogens (tertiary/aromatic N) is 4. The van der Waals surface area contributed by atoms with Gasteiger partial charge in [-0.1, -0.05) is 15.9 Å². The molecule has 0 radical (unpaired) electrons. The molecule has 0 saturated carbocycles. The highest BCUT2D eigenvalue weighted by atomic mass is 79.9. The Balaban J connectivity index is 2.03. The SMILES string of the molecule is COc1nc(NS(=O)(=O)c2cnc3cc(Br)ccn23)c(F)cc1CC#N. The van der Waals surface area contributed by atoms with Crippen LogP contribution in [0.5, 0.6) is 5.88 Å². The van der Waals surface area contributed by atoms with Crippen LogP contribution < -0.4 is 9.46 Å². The first-order valence-electron chi connectivity index (χ1n) is 7.11. The van der Waals surface area contributed by atoms with Crippen molar-refractivity contribution in [2.75, 3.05) is 11.8 Å². The fourth-order valence-electron chi connectivity index (χ4n) is 2.28. The molecule has 0 fully saturated rings. The molecule has 3 heterocycles. The number of nitriles is 1. The van der Waals surface area contributed by atoms with Crippen molar-refractivity contribution in [1.82, 2.24) is 14.4 Å². The van der Waals surface area contributed by atoms with Gasteiger partial charge >= 0.3 is 0 Å². The maximum Gasteiger partial charge on any atom is 0.280 e. The molecule has 0 aliphatic rings. The highest BCUT2D eigenvalue weighted by Gasteiger charge is 2.23. The first-order valence-corrected chi connectivity index (χ1v) is 9.39. The smallest absolute Gasteiger partial charge is 0.280 e. The van der Waals surface area contributed by atoms with Crippen LogP contribution in [-0.2, 0) is 16.4 Å². The lowest BCUT2D eigenvalue weighted by atomic mass is 10.2. The van der Waals surface area contributed by atoms with Crippen molar-refractivity contribution < 1.29 is 17.5 Å². The summed E-state index contributed by atoms with van der Waals surface area (Å²) >= 11 is 3.28. The summed E-state index contributed by atoms with van der Waals surface area (Å²) in [5.41, 5.74) is 0.616. The first kappa shape index (κ1) is 18.1. The van der Waals surface area contributed by atoms with Gasteiger partial charge < -0.3 is 4.74 Å². The highest BCUT2D eigenvalue weighted by Crippen LogP contribution is 2.25. The zero-order valence-electron chi connectivity index (χ0n) is 13.3. The van der Waals surface area contributed by atoms with Gasteiger partial charge in [0.05, 0.1) is 25.8 Å². The Bertz CT molecular complexity index is 1140. The number of fused-ring (bicyclic) bond motifs is 1. The standard InChI is InChI=1S/C15H11BrFN5O3S/c1-25-15-9(2-4-18)6-11(17)14(20-15)21-26(23,24)13-8-19-12-7-10(16)3-5-22(12)13/h3,5-8H,2H2,1H3,(H,20,21). The Morgan fingerprint density at radius 3 is 2.92 bits per heavy atom. The number of anilines is 1. The number of methoxy groups -OCH3 is 1. The minimum Gasteiger partial charge on any atom is -0.481 e. The lowest BCUT2D eigenvalue weighted by Crippen LogP contribution is -2.17. The molecule has 0 saturated heterocycles. The Labute approximate surface area is 156 Å². The minimum atomic E-state index is -4.17. The number of nitrogens with one attached hydrogen (secondary N) is 1. The zero-order chi connectivity index (χ0) is 18.9. The van der Waals surface area contributed by atoms with Crippen molar-refractivity contribution in [2.45, 2.75) is 11.4 Å². The molecular weight excluding hydrogens is 429 g/mol. The molecule has 0 atom stereocenters. The molecular formula is C15H11BrFN5O3S. The molecule has 3 rings (SSSR count). The van der Waals surface area contributed by atoms with Crippen molar-refractivity contribution in [2.24, 2.45) is 0 Å². The van der Waals surface area contributed by atoms with Crippen LogP contribution in [0.25, 0.3) is 5.65 Å². The minimum absolute atomic E-state index is 0.0345. The third-order valence-corrected chi connectivity index (χ3v) is 5.23. The molecule has 134 valence electrons. The van der Waals surface area contributed by atoms with Crippen molar-refractivity contribution >= 4 is 37.4 Å². The summed E-state index contributed by atoms with van der Waals surface area (Å²) in [6.45, 7) is 0. The van der Waals surface area contributed by atoms with Crippen molar-refractivity contribution in [3.8, 4) is 11.9 Å². The maximum atomic E-state index is 14.2. The summed E-state index contributed by atoms with van der Waals surface area (Å²) in [4.78, 5) is 7.84.